The monoisotopic (exact) mass is 329 g/mol. The molecule has 0 aromatic heterocycles. The Kier molecular flexibility index (Phi) is 4.23. The van der Waals surface area contributed by atoms with E-state index in [1.807, 2.05) is 0 Å². The molecule has 2 aromatic rings. The van der Waals surface area contributed by atoms with Gasteiger partial charge in [0.05, 0.1) is 0 Å². The molecule has 1 N–H and O–H groups in total. The van der Waals surface area contributed by atoms with E-state index in [1.165, 1.54) is 17.5 Å². The van der Waals surface area contributed by atoms with Gasteiger partial charge >= 0.3 is 0 Å². The van der Waals surface area contributed by atoms with Crippen molar-refractivity contribution in [1.82, 2.24) is 5.32 Å². The van der Waals surface area contributed by atoms with Crippen LogP contribution in [0.5, 0.6) is 0 Å². The Morgan fingerprint density at radius 3 is 2.65 bits per heavy atom. The van der Waals surface area contributed by atoms with E-state index in [0.29, 0.717) is 18.0 Å². The molecule has 2 heteroatoms. The van der Waals surface area contributed by atoms with Crippen molar-refractivity contribution < 1.29 is 0 Å². The summed E-state index contributed by atoms with van der Waals surface area (Å²) in [5.74, 6) is 0.692. The molecule has 1 nitrogen and oxygen atoms in total. The van der Waals surface area contributed by atoms with Crippen LogP contribution in [-0.4, -0.2) is 6.04 Å². The fourth-order valence-electron chi connectivity index (χ4n) is 2.88. The minimum Gasteiger partial charge on any atom is -0.307 e. The maximum atomic E-state index is 3.81. The summed E-state index contributed by atoms with van der Waals surface area (Å²) in [5, 5.41) is 3.81. The summed E-state index contributed by atoms with van der Waals surface area (Å²) in [6.07, 6.45) is 2.38. The van der Waals surface area contributed by atoms with Gasteiger partial charge in [0, 0.05) is 22.5 Å². The molecule has 0 spiro atoms. The standard InChI is InChI=1S/C18H20BrN/c1-2-17(14-9-6-10-15(19)11-14)20-18-12-16(18)13-7-4-3-5-8-13/h3-11,16-18,20H,2,12H2,1H3. The normalized spacial score (nSPS) is 22.5. The third-order valence-electron chi connectivity index (χ3n) is 4.09. The van der Waals surface area contributed by atoms with Crippen LogP contribution in [0.15, 0.2) is 59.1 Å². The van der Waals surface area contributed by atoms with Crippen LogP contribution in [0.1, 0.15) is 42.9 Å². The van der Waals surface area contributed by atoms with Gasteiger partial charge in [-0.2, -0.15) is 0 Å². The predicted octanol–water partition coefficient (Wildman–Crippen LogP) is 5.05. The van der Waals surface area contributed by atoms with Crippen LogP contribution in [0.2, 0.25) is 0 Å². The third kappa shape index (κ3) is 3.13. The summed E-state index contributed by atoms with van der Waals surface area (Å²) >= 11 is 3.56. The zero-order valence-electron chi connectivity index (χ0n) is 11.7. The molecule has 1 aliphatic carbocycles. The molecule has 3 rings (SSSR count). The molecule has 0 aliphatic heterocycles. The zero-order chi connectivity index (χ0) is 13.9. The lowest BCUT2D eigenvalue weighted by atomic mass is 10.0. The maximum Gasteiger partial charge on any atom is 0.0320 e. The van der Waals surface area contributed by atoms with Crippen molar-refractivity contribution >= 4 is 15.9 Å². The highest BCUT2D eigenvalue weighted by molar-refractivity contribution is 9.10. The van der Waals surface area contributed by atoms with Crippen molar-refractivity contribution in [2.75, 3.05) is 0 Å². The largest absolute Gasteiger partial charge is 0.307 e. The highest BCUT2D eigenvalue weighted by Gasteiger charge is 2.39. The molecule has 0 radical (unpaired) electrons. The average molecular weight is 330 g/mol. The van der Waals surface area contributed by atoms with E-state index < -0.39 is 0 Å². The van der Waals surface area contributed by atoms with Gasteiger partial charge in [-0.3, -0.25) is 0 Å². The van der Waals surface area contributed by atoms with Crippen molar-refractivity contribution in [2.45, 2.75) is 37.8 Å². The molecule has 0 heterocycles. The van der Waals surface area contributed by atoms with Crippen LogP contribution in [-0.2, 0) is 0 Å². The first-order chi connectivity index (χ1) is 9.78. The molecule has 3 unspecified atom stereocenters. The number of hydrogen-bond donors (Lipinski definition) is 1. The molecule has 2 aromatic carbocycles. The number of benzene rings is 2. The first kappa shape index (κ1) is 13.8. The lowest BCUT2D eigenvalue weighted by Gasteiger charge is -2.18. The van der Waals surface area contributed by atoms with E-state index in [9.17, 15) is 0 Å². The Labute approximate surface area is 129 Å². The van der Waals surface area contributed by atoms with Crippen molar-refractivity contribution in [3.8, 4) is 0 Å². The molecule has 0 bridgehead atoms. The molecule has 0 amide bonds. The van der Waals surface area contributed by atoms with Crippen LogP contribution >= 0.6 is 15.9 Å². The SMILES string of the molecule is CCC(NC1CC1c1ccccc1)c1cccc(Br)c1. The minimum absolute atomic E-state index is 0.450. The van der Waals surface area contributed by atoms with Gasteiger partial charge in [0.25, 0.3) is 0 Å². The summed E-state index contributed by atoms with van der Waals surface area (Å²) in [6, 6.07) is 20.6. The van der Waals surface area contributed by atoms with Gasteiger partial charge in [0.1, 0.15) is 0 Å². The average Bonchev–Trinajstić information content (AvgIpc) is 3.25. The van der Waals surface area contributed by atoms with Gasteiger partial charge in [-0.25, -0.2) is 0 Å². The lowest BCUT2D eigenvalue weighted by Crippen LogP contribution is -2.24. The van der Waals surface area contributed by atoms with E-state index in [2.05, 4.69) is 82.8 Å². The molecular formula is C18H20BrN. The van der Waals surface area contributed by atoms with Crippen LogP contribution in [0, 0.1) is 0 Å². The Hall–Kier alpha value is -1.12. The second-order valence-electron chi connectivity index (χ2n) is 5.54. The van der Waals surface area contributed by atoms with Gasteiger partial charge in [-0.1, -0.05) is 65.3 Å². The van der Waals surface area contributed by atoms with Crippen molar-refractivity contribution in [3.05, 3.63) is 70.2 Å². The number of halogens is 1. The minimum atomic E-state index is 0.450. The summed E-state index contributed by atoms with van der Waals surface area (Å²) in [7, 11) is 0. The molecule has 0 saturated heterocycles. The second kappa shape index (κ2) is 6.11. The van der Waals surface area contributed by atoms with Gasteiger partial charge in [-0.05, 0) is 36.1 Å². The van der Waals surface area contributed by atoms with Crippen molar-refractivity contribution in [2.24, 2.45) is 0 Å². The maximum absolute atomic E-state index is 3.81. The van der Waals surface area contributed by atoms with Crippen LogP contribution in [0.3, 0.4) is 0 Å². The van der Waals surface area contributed by atoms with Crippen LogP contribution in [0.25, 0.3) is 0 Å². The lowest BCUT2D eigenvalue weighted by molar-refractivity contribution is 0.510. The van der Waals surface area contributed by atoms with Gasteiger partial charge in [-0.15, -0.1) is 0 Å². The third-order valence-corrected chi connectivity index (χ3v) is 4.59. The molecule has 104 valence electrons. The smallest absolute Gasteiger partial charge is 0.0320 e. The van der Waals surface area contributed by atoms with Crippen molar-refractivity contribution in [3.63, 3.8) is 0 Å². The van der Waals surface area contributed by atoms with E-state index in [1.54, 1.807) is 0 Å². The quantitative estimate of drug-likeness (QED) is 0.809. The number of rotatable bonds is 5. The molecule has 1 aliphatic rings. The van der Waals surface area contributed by atoms with E-state index in [0.717, 1.165) is 10.9 Å². The molecule has 1 saturated carbocycles. The fraction of sp³-hybridized carbons (Fsp3) is 0.333. The molecule has 20 heavy (non-hydrogen) atoms. The van der Waals surface area contributed by atoms with Gasteiger partial charge < -0.3 is 5.32 Å². The summed E-state index contributed by atoms with van der Waals surface area (Å²) < 4.78 is 1.16. The first-order valence-electron chi connectivity index (χ1n) is 7.34. The van der Waals surface area contributed by atoms with Gasteiger partial charge in [0.15, 0.2) is 0 Å². The first-order valence-corrected chi connectivity index (χ1v) is 8.13. The summed E-state index contributed by atoms with van der Waals surface area (Å²) in [4.78, 5) is 0. The Bertz CT molecular complexity index is 567. The Balaban J connectivity index is 1.66. The second-order valence-corrected chi connectivity index (χ2v) is 6.46. The summed E-state index contributed by atoms with van der Waals surface area (Å²) in [5.41, 5.74) is 2.84. The predicted molar refractivity (Wildman–Crippen MR) is 87.9 cm³/mol. The molecule has 3 atom stereocenters. The van der Waals surface area contributed by atoms with E-state index >= 15 is 0 Å². The summed E-state index contributed by atoms with van der Waals surface area (Å²) in [6.45, 7) is 2.25. The Morgan fingerprint density at radius 2 is 1.95 bits per heavy atom. The molecular weight excluding hydrogens is 310 g/mol. The number of hydrogen-bond acceptors (Lipinski definition) is 1. The highest BCUT2D eigenvalue weighted by atomic mass is 79.9. The highest BCUT2D eigenvalue weighted by Crippen LogP contribution is 2.42. The van der Waals surface area contributed by atoms with Gasteiger partial charge in [0.2, 0.25) is 0 Å². The number of nitrogens with one attached hydrogen (secondary N) is 1. The fourth-order valence-corrected chi connectivity index (χ4v) is 3.30. The van der Waals surface area contributed by atoms with Crippen LogP contribution < -0.4 is 5.32 Å². The van der Waals surface area contributed by atoms with E-state index in [-0.39, 0.29) is 0 Å². The zero-order valence-corrected chi connectivity index (χ0v) is 13.3. The Morgan fingerprint density at radius 1 is 1.15 bits per heavy atom. The van der Waals surface area contributed by atoms with E-state index in [4.69, 9.17) is 0 Å². The van der Waals surface area contributed by atoms with Crippen LogP contribution in [0.4, 0.5) is 0 Å². The van der Waals surface area contributed by atoms with Crippen molar-refractivity contribution in [1.29, 1.82) is 0 Å². The topological polar surface area (TPSA) is 12.0 Å². The molecule has 1 fully saturated rings.